The van der Waals surface area contributed by atoms with E-state index in [1.807, 2.05) is 13.0 Å². The maximum atomic E-state index is 10.0. The van der Waals surface area contributed by atoms with Crippen LogP contribution in [0.15, 0.2) is 12.3 Å². The predicted molar refractivity (Wildman–Crippen MR) is 37.3 cm³/mol. The molecule has 0 N–H and O–H groups in total. The second kappa shape index (κ2) is 4.23. The lowest BCUT2D eigenvalue weighted by atomic mass is 10.7. The average Bonchev–Trinajstić information content (AvgIpc) is 1.68. The quantitative estimate of drug-likeness (QED) is 0.513. The highest BCUT2D eigenvalue weighted by Crippen LogP contribution is 1.99. The molecule has 0 aromatic heterocycles. The van der Waals surface area contributed by atoms with E-state index in [4.69, 9.17) is 0 Å². The van der Waals surface area contributed by atoms with Crippen LogP contribution in [0.1, 0.15) is 6.92 Å². The monoisotopic (exact) mass is 213 g/mol. The molecule has 0 aromatic carbocycles. The fourth-order valence-electron chi connectivity index (χ4n) is 0.228. The zero-order chi connectivity index (χ0) is 5.70. The second-order valence-electron chi connectivity index (χ2n) is 1.08. The molecule has 0 aliphatic carbocycles. The number of rotatable bonds is 2. The fourth-order valence-corrected chi connectivity index (χ4v) is 0.681. The van der Waals surface area contributed by atoms with Crippen LogP contribution in [0.2, 0.25) is 0 Å². The molecule has 0 fully saturated rings. The van der Waals surface area contributed by atoms with Crippen molar-refractivity contribution in [1.29, 1.82) is 0 Å². The molecule has 0 heterocycles. The lowest BCUT2D eigenvalue weighted by Gasteiger charge is -1.95. The van der Waals surface area contributed by atoms with E-state index in [9.17, 15) is 3.07 Å². The first kappa shape index (κ1) is 7.07. The summed E-state index contributed by atoms with van der Waals surface area (Å²) in [7, 11) is 1.79. The van der Waals surface area contributed by atoms with Gasteiger partial charge in [0.2, 0.25) is 0 Å². The van der Waals surface area contributed by atoms with Gasteiger partial charge in [-0.2, -0.15) is 0 Å². The summed E-state index contributed by atoms with van der Waals surface area (Å²) in [5.74, 6) is 0. The lowest BCUT2D eigenvalue weighted by molar-refractivity contribution is 0.639. The van der Waals surface area contributed by atoms with E-state index in [1.165, 1.54) is 0 Å². The standard InChI is InChI=1S/C4H8INO/c1-3-4-6(2)5-7/h3-4H,1-2H3/b4-3+. The molecule has 0 rings (SSSR count). The average molecular weight is 213 g/mol. The van der Waals surface area contributed by atoms with E-state index in [0.29, 0.717) is 0 Å². The molecule has 0 saturated heterocycles. The highest BCUT2D eigenvalue weighted by atomic mass is 127. The molecule has 0 bridgehead atoms. The Bertz CT molecular complexity index is 81.8. The Balaban J connectivity index is 3.35. The van der Waals surface area contributed by atoms with Gasteiger partial charge in [0.15, 0.2) is 0 Å². The first-order valence-corrected chi connectivity index (χ1v) is 3.79. The number of hydrogen-bond donors (Lipinski definition) is 0. The van der Waals surface area contributed by atoms with Crippen LogP contribution in [0.25, 0.3) is 0 Å². The maximum absolute atomic E-state index is 10.0. The molecule has 0 amide bonds. The highest BCUT2D eigenvalue weighted by Gasteiger charge is 1.78. The molecule has 0 saturated carbocycles. The maximum Gasteiger partial charge on any atom is 0.272 e. The van der Waals surface area contributed by atoms with Crippen molar-refractivity contribution < 1.29 is 3.07 Å². The molecule has 0 spiro atoms. The summed E-state index contributed by atoms with van der Waals surface area (Å²) in [4.78, 5) is 0. The van der Waals surface area contributed by atoms with Gasteiger partial charge >= 0.3 is 0 Å². The highest BCUT2D eigenvalue weighted by molar-refractivity contribution is 14.1. The van der Waals surface area contributed by atoms with Gasteiger partial charge in [-0.15, -0.1) is 0 Å². The van der Waals surface area contributed by atoms with Gasteiger partial charge in [-0.25, -0.2) is 3.07 Å². The van der Waals surface area contributed by atoms with Gasteiger partial charge < -0.3 is 0 Å². The molecule has 0 unspecified atom stereocenters. The zero-order valence-electron chi connectivity index (χ0n) is 4.39. The van der Waals surface area contributed by atoms with E-state index >= 15 is 0 Å². The molecule has 7 heavy (non-hydrogen) atoms. The van der Waals surface area contributed by atoms with Gasteiger partial charge in [-0.05, 0) is 6.92 Å². The largest absolute Gasteiger partial charge is 0.299 e. The summed E-state index contributed by atoms with van der Waals surface area (Å²) in [6.45, 7) is 1.90. The Hall–Kier alpha value is 0.0700. The molecular weight excluding hydrogens is 205 g/mol. The van der Waals surface area contributed by atoms with Crippen molar-refractivity contribution in [2.75, 3.05) is 7.05 Å². The van der Waals surface area contributed by atoms with Gasteiger partial charge in [-0.3, -0.25) is 3.11 Å². The van der Waals surface area contributed by atoms with Crippen LogP contribution < -0.4 is 0 Å². The van der Waals surface area contributed by atoms with Crippen LogP contribution in [0.5, 0.6) is 0 Å². The molecule has 0 radical (unpaired) electrons. The molecule has 0 aromatic rings. The first-order chi connectivity index (χ1) is 3.31. The number of allylic oxidation sites excluding steroid dienone is 1. The summed E-state index contributed by atoms with van der Waals surface area (Å²) in [5, 5.41) is 0. The Kier molecular flexibility index (Phi) is 4.28. The number of hydrogen-bond acceptors (Lipinski definition) is 1. The lowest BCUT2D eigenvalue weighted by Crippen LogP contribution is -1.89. The van der Waals surface area contributed by atoms with Crippen LogP contribution in [0.4, 0.5) is 0 Å². The van der Waals surface area contributed by atoms with Crippen LogP contribution >= 0.6 is 21.5 Å². The van der Waals surface area contributed by atoms with E-state index in [1.54, 1.807) is 16.4 Å². The van der Waals surface area contributed by atoms with Gasteiger partial charge in [0, 0.05) is 13.2 Å². The molecule has 42 valence electrons. The van der Waals surface area contributed by atoms with E-state index in [0.717, 1.165) is 0 Å². The Labute approximate surface area is 54.2 Å². The summed E-state index contributed by atoms with van der Waals surface area (Å²) >= 11 is -0.965. The predicted octanol–water partition coefficient (Wildman–Crippen LogP) is 1.68. The molecular formula is C4H8INO. The third-order valence-corrected chi connectivity index (χ3v) is 1.41. The van der Waals surface area contributed by atoms with Crippen LogP contribution in [-0.2, 0) is 3.07 Å². The minimum absolute atomic E-state index is 0.965. The Morgan fingerprint density at radius 3 is 2.43 bits per heavy atom. The van der Waals surface area contributed by atoms with Gasteiger partial charge in [0.05, 0.1) is 0 Å². The SMILES string of the molecule is C/C=C/N(C)I=O. The third kappa shape index (κ3) is 3.91. The van der Waals surface area contributed by atoms with E-state index in [-0.39, 0.29) is 0 Å². The molecule has 0 aliphatic rings. The van der Waals surface area contributed by atoms with Crippen molar-refractivity contribution in [3.63, 3.8) is 0 Å². The van der Waals surface area contributed by atoms with Crippen molar-refractivity contribution >= 4 is 21.5 Å². The Morgan fingerprint density at radius 2 is 2.29 bits per heavy atom. The van der Waals surface area contributed by atoms with Crippen LogP contribution in [0.3, 0.4) is 0 Å². The molecule has 2 nitrogen and oxygen atoms in total. The molecule has 3 heteroatoms. The second-order valence-corrected chi connectivity index (χ2v) is 2.99. The van der Waals surface area contributed by atoms with Crippen molar-refractivity contribution in [3.05, 3.63) is 12.3 Å². The Morgan fingerprint density at radius 1 is 1.71 bits per heavy atom. The summed E-state index contributed by atoms with van der Waals surface area (Å²) in [5.41, 5.74) is 0. The number of nitrogens with zero attached hydrogens (tertiary/aromatic N) is 1. The van der Waals surface area contributed by atoms with Gasteiger partial charge in [-0.1, -0.05) is 6.08 Å². The first-order valence-electron chi connectivity index (χ1n) is 1.94. The summed E-state index contributed by atoms with van der Waals surface area (Å²) < 4.78 is 11.7. The zero-order valence-corrected chi connectivity index (χ0v) is 6.55. The van der Waals surface area contributed by atoms with E-state index in [2.05, 4.69) is 0 Å². The number of halogens is 1. The van der Waals surface area contributed by atoms with Crippen molar-refractivity contribution in [3.8, 4) is 0 Å². The minimum Gasteiger partial charge on any atom is -0.299 e. The van der Waals surface area contributed by atoms with Crippen LogP contribution in [0, 0.1) is 0 Å². The van der Waals surface area contributed by atoms with Gasteiger partial charge in [0.1, 0.15) is 0 Å². The molecule has 0 aliphatic heterocycles. The van der Waals surface area contributed by atoms with Crippen molar-refractivity contribution in [2.45, 2.75) is 6.92 Å². The normalized spacial score (nSPS) is 10.0. The smallest absolute Gasteiger partial charge is 0.272 e. The minimum atomic E-state index is -0.965. The summed E-state index contributed by atoms with van der Waals surface area (Å²) in [6.07, 6.45) is 3.65. The summed E-state index contributed by atoms with van der Waals surface area (Å²) in [6, 6.07) is 0. The van der Waals surface area contributed by atoms with Crippen molar-refractivity contribution in [1.82, 2.24) is 3.11 Å². The van der Waals surface area contributed by atoms with Crippen molar-refractivity contribution in [2.24, 2.45) is 0 Å². The fraction of sp³-hybridized carbons (Fsp3) is 0.500. The van der Waals surface area contributed by atoms with Crippen LogP contribution in [-0.4, -0.2) is 10.2 Å². The third-order valence-electron chi connectivity index (χ3n) is 0.463. The molecule has 0 atom stereocenters. The topological polar surface area (TPSA) is 20.3 Å². The van der Waals surface area contributed by atoms with E-state index < -0.39 is 21.5 Å². The van der Waals surface area contributed by atoms with Gasteiger partial charge in [0.25, 0.3) is 21.5 Å².